The Balaban J connectivity index is 2.29. The maximum Gasteiger partial charge on any atom is 0.340 e. The van der Waals surface area contributed by atoms with E-state index >= 15 is 0 Å². The van der Waals surface area contributed by atoms with E-state index in [9.17, 15) is 13.2 Å². The van der Waals surface area contributed by atoms with Gasteiger partial charge in [0.1, 0.15) is 6.10 Å². The van der Waals surface area contributed by atoms with Crippen LogP contribution in [-0.4, -0.2) is 33.7 Å². The number of carbonyl (C=O) groups excluding carboxylic acids is 1. The molecule has 1 aliphatic rings. The second-order valence-electron chi connectivity index (χ2n) is 4.42. The van der Waals surface area contributed by atoms with Crippen LogP contribution in [-0.2, 0) is 18.5 Å². The van der Waals surface area contributed by atoms with Gasteiger partial charge in [-0.1, -0.05) is 23.2 Å². The Morgan fingerprint density at radius 1 is 1.24 bits per heavy atom. The third-order valence-corrected chi connectivity index (χ3v) is 5.08. The van der Waals surface area contributed by atoms with Crippen molar-refractivity contribution in [2.45, 2.75) is 23.8 Å². The third kappa shape index (κ3) is 4.23. The fraction of sp³-hybridized carbons (Fsp3) is 0.417. The average molecular weight is 374 g/mol. The fourth-order valence-corrected chi connectivity index (χ4v) is 3.12. The number of carbonyl (C=O) groups is 1. The predicted octanol–water partition coefficient (Wildman–Crippen LogP) is 3.26. The first kappa shape index (κ1) is 16.8. The molecule has 0 saturated carbocycles. The van der Waals surface area contributed by atoms with Gasteiger partial charge >= 0.3 is 5.97 Å². The van der Waals surface area contributed by atoms with Crippen molar-refractivity contribution in [3.8, 4) is 0 Å². The lowest BCUT2D eigenvalue weighted by Gasteiger charge is -2.22. The minimum Gasteiger partial charge on any atom is -0.459 e. The first-order valence-electron chi connectivity index (χ1n) is 6.01. The number of esters is 1. The second kappa shape index (κ2) is 6.71. The molecule has 1 aliphatic heterocycles. The summed E-state index contributed by atoms with van der Waals surface area (Å²) < 4.78 is 33.2. The number of rotatable bonds is 3. The van der Waals surface area contributed by atoms with Crippen LogP contribution in [0.4, 0.5) is 0 Å². The van der Waals surface area contributed by atoms with E-state index in [1.54, 1.807) is 0 Å². The number of ether oxygens (including phenoxy) is 2. The normalized spacial score (nSPS) is 16.7. The topological polar surface area (TPSA) is 69.7 Å². The maximum atomic E-state index is 12.1. The Morgan fingerprint density at radius 3 is 2.43 bits per heavy atom. The van der Waals surface area contributed by atoms with Gasteiger partial charge < -0.3 is 9.47 Å². The van der Waals surface area contributed by atoms with Crippen molar-refractivity contribution in [3.05, 3.63) is 27.7 Å². The van der Waals surface area contributed by atoms with Crippen LogP contribution in [0, 0.1) is 0 Å². The van der Waals surface area contributed by atoms with Gasteiger partial charge in [0.05, 0.1) is 33.7 Å². The van der Waals surface area contributed by atoms with Crippen molar-refractivity contribution in [2.75, 3.05) is 13.2 Å². The van der Waals surface area contributed by atoms with E-state index in [0.717, 1.165) is 12.1 Å². The van der Waals surface area contributed by atoms with Crippen LogP contribution < -0.4 is 0 Å². The number of halogens is 3. The maximum absolute atomic E-state index is 12.1. The molecule has 0 spiro atoms. The van der Waals surface area contributed by atoms with Crippen molar-refractivity contribution in [1.82, 2.24) is 0 Å². The van der Waals surface area contributed by atoms with Gasteiger partial charge in [0.2, 0.25) is 0 Å². The zero-order chi connectivity index (χ0) is 15.6. The van der Waals surface area contributed by atoms with Crippen LogP contribution >= 0.6 is 33.9 Å². The molecule has 1 fully saturated rings. The molecule has 0 radical (unpaired) electrons. The summed E-state index contributed by atoms with van der Waals surface area (Å²) in [6, 6.07) is 2.13. The SMILES string of the molecule is O=C(OC1CCOCC1)c1cc(S(=O)(=O)Cl)cc(Cl)c1Cl. The van der Waals surface area contributed by atoms with E-state index in [4.69, 9.17) is 43.4 Å². The van der Waals surface area contributed by atoms with E-state index in [1.807, 2.05) is 0 Å². The molecule has 0 N–H and O–H groups in total. The Bertz CT molecular complexity index is 653. The van der Waals surface area contributed by atoms with E-state index in [1.165, 1.54) is 0 Å². The standard InChI is InChI=1S/C12H11Cl3O5S/c13-10-6-8(21(15,17)18)5-9(11(10)14)12(16)20-7-1-3-19-4-2-7/h5-7H,1-4H2. The fourth-order valence-electron chi connectivity index (χ4n) is 1.86. The van der Waals surface area contributed by atoms with E-state index in [-0.39, 0.29) is 26.6 Å². The number of hydrogen-bond donors (Lipinski definition) is 0. The van der Waals surface area contributed by atoms with Gasteiger partial charge in [0.15, 0.2) is 0 Å². The smallest absolute Gasteiger partial charge is 0.340 e. The van der Waals surface area contributed by atoms with Gasteiger partial charge in [-0.05, 0) is 12.1 Å². The molecule has 116 valence electrons. The zero-order valence-electron chi connectivity index (χ0n) is 10.6. The van der Waals surface area contributed by atoms with E-state index in [2.05, 4.69) is 0 Å². The van der Waals surface area contributed by atoms with Crippen LogP contribution in [0.1, 0.15) is 23.2 Å². The predicted molar refractivity (Wildman–Crippen MR) is 78.8 cm³/mol. The molecule has 1 saturated heterocycles. The molecule has 1 aromatic carbocycles. The van der Waals surface area contributed by atoms with Gasteiger partial charge in [-0.3, -0.25) is 0 Å². The molecular weight excluding hydrogens is 363 g/mol. The van der Waals surface area contributed by atoms with Gasteiger partial charge in [-0.2, -0.15) is 0 Å². The quantitative estimate of drug-likeness (QED) is 0.601. The highest BCUT2D eigenvalue weighted by Crippen LogP contribution is 2.31. The molecule has 0 unspecified atom stereocenters. The van der Waals surface area contributed by atoms with Gasteiger partial charge in [-0.25, -0.2) is 13.2 Å². The van der Waals surface area contributed by atoms with Crippen LogP contribution in [0.5, 0.6) is 0 Å². The Hall–Kier alpha value is -0.530. The molecule has 1 heterocycles. The van der Waals surface area contributed by atoms with Crippen molar-refractivity contribution in [2.24, 2.45) is 0 Å². The molecule has 1 aromatic rings. The minimum absolute atomic E-state index is 0.0715. The first-order valence-corrected chi connectivity index (χ1v) is 9.08. The molecule has 21 heavy (non-hydrogen) atoms. The van der Waals surface area contributed by atoms with Crippen molar-refractivity contribution in [3.63, 3.8) is 0 Å². The molecule has 0 aromatic heterocycles. The summed E-state index contributed by atoms with van der Waals surface area (Å²) in [6.07, 6.45) is 0.854. The molecule has 0 amide bonds. The summed E-state index contributed by atoms with van der Waals surface area (Å²) in [7, 11) is 1.22. The largest absolute Gasteiger partial charge is 0.459 e. The van der Waals surface area contributed by atoms with Gasteiger partial charge in [0.25, 0.3) is 9.05 Å². The Labute approximate surface area is 136 Å². The Kier molecular flexibility index (Phi) is 5.38. The molecule has 0 bridgehead atoms. The van der Waals surface area contributed by atoms with Crippen LogP contribution in [0.2, 0.25) is 10.0 Å². The number of hydrogen-bond acceptors (Lipinski definition) is 5. The summed E-state index contributed by atoms with van der Waals surface area (Å²) in [4.78, 5) is 11.8. The summed E-state index contributed by atoms with van der Waals surface area (Å²) in [6.45, 7) is 1.01. The van der Waals surface area contributed by atoms with Crippen molar-refractivity contribution >= 4 is 48.9 Å². The highest BCUT2D eigenvalue weighted by Gasteiger charge is 2.24. The highest BCUT2D eigenvalue weighted by atomic mass is 35.7. The van der Waals surface area contributed by atoms with Crippen molar-refractivity contribution < 1.29 is 22.7 Å². The molecule has 0 aliphatic carbocycles. The summed E-state index contributed by atoms with van der Waals surface area (Å²) in [5, 5.41) is -0.157. The molecule has 0 atom stereocenters. The van der Waals surface area contributed by atoms with E-state index in [0.29, 0.717) is 26.1 Å². The lowest BCUT2D eigenvalue weighted by molar-refractivity contribution is -0.0159. The summed E-state index contributed by atoms with van der Waals surface area (Å²) >= 11 is 11.8. The highest BCUT2D eigenvalue weighted by molar-refractivity contribution is 8.13. The minimum atomic E-state index is -4.03. The third-order valence-electron chi connectivity index (χ3n) is 2.95. The van der Waals surface area contributed by atoms with Crippen LogP contribution in [0.3, 0.4) is 0 Å². The van der Waals surface area contributed by atoms with Crippen molar-refractivity contribution in [1.29, 1.82) is 0 Å². The van der Waals surface area contributed by atoms with Gasteiger partial charge in [-0.15, -0.1) is 0 Å². The molecule has 2 rings (SSSR count). The summed E-state index contributed by atoms with van der Waals surface area (Å²) in [5.41, 5.74) is -0.130. The monoisotopic (exact) mass is 372 g/mol. The lowest BCUT2D eigenvalue weighted by Crippen LogP contribution is -2.26. The molecule has 5 nitrogen and oxygen atoms in total. The average Bonchev–Trinajstić information content (AvgIpc) is 2.41. The molecular formula is C12H11Cl3O5S. The molecule has 9 heteroatoms. The van der Waals surface area contributed by atoms with Crippen LogP contribution in [0.25, 0.3) is 0 Å². The van der Waals surface area contributed by atoms with Crippen LogP contribution in [0.15, 0.2) is 17.0 Å². The van der Waals surface area contributed by atoms with E-state index < -0.39 is 15.0 Å². The zero-order valence-corrected chi connectivity index (χ0v) is 13.7. The summed E-state index contributed by atoms with van der Waals surface area (Å²) in [5.74, 6) is -0.740. The lowest BCUT2D eigenvalue weighted by atomic mass is 10.1. The first-order chi connectivity index (χ1) is 9.79. The second-order valence-corrected chi connectivity index (χ2v) is 7.77. The number of benzene rings is 1. The Morgan fingerprint density at radius 2 is 1.86 bits per heavy atom. The van der Waals surface area contributed by atoms with Gasteiger partial charge in [0, 0.05) is 23.5 Å².